The van der Waals surface area contributed by atoms with Crippen molar-refractivity contribution in [3.05, 3.63) is 5.53 Å². The minimum Gasteiger partial charge on any atom is -0.379 e. The van der Waals surface area contributed by atoms with E-state index in [2.05, 4.69) is 24.8 Å². The predicted octanol–water partition coefficient (Wildman–Crippen LogP) is 1.96. The van der Waals surface area contributed by atoms with E-state index in [4.69, 9.17) is 10.3 Å². The van der Waals surface area contributed by atoms with E-state index in [0.717, 1.165) is 12.7 Å². The first-order valence-electron chi connectivity index (χ1n) is 4.32. The molecule has 0 aliphatic carbocycles. The smallest absolute Gasteiger partial charge is 0.226 e. The highest BCUT2D eigenvalue weighted by atomic mass is 28.3. The third-order valence-corrected chi connectivity index (χ3v) is 4.11. The highest BCUT2D eigenvalue weighted by Crippen LogP contribution is 2.11. The number of hydrogen-bond donors (Lipinski definition) is 0. The van der Waals surface area contributed by atoms with E-state index in [0.29, 0.717) is 0 Å². The van der Waals surface area contributed by atoms with E-state index < -0.39 is 8.07 Å². The SMILES string of the molecule is CCOC(C)C[Si](C)(C)C=[N+]=[N-]. The van der Waals surface area contributed by atoms with Crippen LogP contribution >= 0.6 is 0 Å². The maximum atomic E-state index is 8.41. The summed E-state index contributed by atoms with van der Waals surface area (Å²) in [7, 11) is -1.47. The summed E-state index contributed by atoms with van der Waals surface area (Å²) >= 11 is 0. The zero-order chi connectivity index (χ0) is 9.61. The van der Waals surface area contributed by atoms with E-state index in [1.54, 1.807) is 5.84 Å². The van der Waals surface area contributed by atoms with Gasteiger partial charge in [-0.3, -0.25) is 0 Å². The molecule has 0 radical (unpaired) electrons. The van der Waals surface area contributed by atoms with E-state index >= 15 is 0 Å². The number of nitrogens with zero attached hydrogens (tertiary/aromatic N) is 2. The molecule has 0 rings (SSSR count). The molecule has 3 nitrogen and oxygen atoms in total. The van der Waals surface area contributed by atoms with Crippen LogP contribution in [0.15, 0.2) is 0 Å². The van der Waals surface area contributed by atoms with Crippen LogP contribution in [-0.2, 0) is 4.74 Å². The normalized spacial score (nSPS) is 13.7. The first-order valence-corrected chi connectivity index (χ1v) is 7.60. The van der Waals surface area contributed by atoms with Crippen molar-refractivity contribution in [1.29, 1.82) is 0 Å². The fraction of sp³-hybridized carbons (Fsp3) is 0.875. The second-order valence-electron chi connectivity index (χ2n) is 3.70. The molecule has 0 aromatic carbocycles. The Morgan fingerprint density at radius 1 is 1.58 bits per heavy atom. The molecule has 70 valence electrons. The lowest BCUT2D eigenvalue weighted by Gasteiger charge is -2.17. The Bertz CT molecular complexity index is 176. The van der Waals surface area contributed by atoms with Gasteiger partial charge in [-0.2, -0.15) is 4.79 Å². The zero-order valence-electron chi connectivity index (χ0n) is 8.37. The molecule has 0 fully saturated rings. The second-order valence-corrected chi connectivity index (χ2v) is 8.35. The van der Waals surface area contributed by atoms with Gasteiger partial charge in [-0.1, -0.05) is 13.1 Å². The molecule has 1 unspecified atom stereocenters. The predicted molar refractivity (Wildman–Crippen MR) is 53.1 cm³/mol. The van der Waals surface area contributed by atoms with Crippen molar-refractivity contribution >= 4 is 13.9 Å². The van der Waals surface area contributed by atoms with Crippen molar-refractivity contribution < 1.29 is 9.53 Å². The van der Waals surface area contributed by atoms with Gasteiger partial charge in [0.05, 0.1) is 6.10 Å². The van der Waals surface area contributed by atoms with E-state index in [-0.39, 0.29) is 6.10 Å². The van der Waals surface area contributed by atoms with E-state index in [9.17, 15) is 0 Å². The molecule has 0 aromatic heterocycles. The molecule has 0 amide bonds. The summed E-state index contributed by atoms with van der Waals surface area (Å²) < 4.78 is 5.42. The van der Waals surface area contributed by atoms with E-state index in [1.165, 1.54) is 0 Å². The van der Waals surface area contributed by atoms with Crippen molar-refractivity contribution in [1.82, 2.24) is 0 Å². The largest absolute Gasteiger partial charge is 0.379 e. The lowest BCUT2D eigenvalue weighted by atomic mass is 10.5. The lowest BCUT2D eigenvalue weighted by molar-refractivity contribution is 0.00643. The molecule has 12 heavy (non-hydrogen) atoms. The molecule has 0 aliphatic rings. The van der Waals surface area contributed by atoms with Crippen LogP contribution in [0.5, 0.6) is 0 Å². The van der Waals surface area contributed by atoms with Gasteiger partial charge in [0.15, 0.2) is 8.07 Å². The van der Waals surface area contributed by atoms with Crippen LogP contribution in [0.25, 0.3) is 5.53 Å². The third kappa shape index (κ3) is 5.24. The minimum atomic E-state index is -1.47. The van der Waals surface area contributed by atoms with Crippen LogP contribution in [0.1, 0.15) is 13.8 Å². The van der Waals surface area contributed by atoms with Crippen molar-refractivity contribution in [2.24, 2.45) is 0 Å². The summed E-state index contributed by atoms with van der Waals surface area (Å²) in [5.41, 5.74) is 8.41. The molecular weight excluding hydrogens is 168 g/mol. The van der Waals surface area contributed by atoms with Crippen LogP contribution in [0, 0.1) is 0 Å². The van der Waals surface area contributed by atoms with Gasteiger partial charge in [-0.25, -0.2) is 0 Å². The maximum absolute atomic E-state index is 8.41. The molecule has 0 spiro atoms. The molecule has 0 saturated heterocycles. The zero-order valence-corrected chi connectivity index (χ0v) is 9.37. The summed E-state index contributed by atoms with van der Waals surface area (Å²) in [4.78, 5) is 3.10. The van der Waals surface area contributed by atoms with Gasteiger partial charge in [0.2, 0.25) is 5.84 Å². The Hall–Kier alpha value is -0.443. The summed E-state index contributed by atoms with van der Waals surface area (Å²) in [6.07, 6.45) is 0.273. The Balaban J connectivity index is 3.95. The van der Waals surface area contributed by atoms with Gasteiger partial charge in [0.25, 0.3) is 0 Å². The molecule has 4 heteroatoms. The first-order chi connectivity index (χ1) is 5.52. The highest BCUT2D eigenvalue weighted by molar-refractivity contribution is 6.99. The summed E-state index contributed by atoms with van der Waals surface area (Å²) in [6, 6.07) is 1.00. The Labute approximate surface area is 75.4 Å². The maximum Gasteiger partial charge on any atom is 0.226 e. The van der Waals surface area contributed by atoms with Crippen LogP contribution in [0.2, 0.25) is 19.1 Å². The Morgan fingerprint density at radius 2 is 2.17 bits per heavy atom. The molecule has 0 aromatic rings. The molecule has 0 aliphatic heterocycles. The molecular formula is C8H18N2OSi. The van der Waals surface area contributed by atoms with Crippen LogP contribution in [-0.4, -0.2) is 31.4 Å². The Kier molecular flexibility index (Phi) is 5.05. The molecule has 0 saturated carbocycles. The van der Waals surface area contributed by atoms with Crippen LogP contribution in [0.3, 0.4) is 0 Å². The average molecular weight is 186 g/mol. The molecule has 0 heterocycles. The summed E-state index contributed by atoms with van der Waals surface area (Å²) in [6.45, 7) is 9.11. The van der Waals surface area contributed by atoms with Crippen molar-refractivity contribution in [3.63, 3.8) is 0 Å². The fourth-order valence-corrected chi connectivity index (χ4v) is 3.31. The number of ether oxygens (including phenoxy) is 1. The summed E-state index contributed by atoms with van der Waals surface area (Å²) in [5, 5.41) is 0. The highest BCUT2D eigenvalue weighted by Gasteiger charge is 2.26. The fourth-order valence-electron chi connectivity index (χ4n) is 1.29. The second kappa shape index (κ2) is 5.25. The van der Waals surface area contributed by atoms with Gasteiger partial charge < -0.3 is 10.3 Å². The lowest BCUT2D eigenvalue weighted by Crippen LogP contribution is -2.33. The number of rotatable bonds is 5. The van der Waals surface area contributed by atoms with E-state index in [1.807, 2.05) is 6.92 Å². The topological polar surface area (TPSA) is 45.6 Å². The monoisotopic (exact) mass is 186 g/mol. The minimum absolute atomic E-state index is 0.273. The summed E-state index contributed by atoms with van der Waals surface area (Å²) in [5.74, 6) is 1.68. The van der Waals surface area contributed by atoms with Gasteiger partial charge >= 0.3 is 0 Å². The van der Waals surface area contributed by atoms with Crippen LogP contribution < -0.4 is 0 Å². The van der Waals surface area contributed by atoms with Gasteiger partial charge in [0.1, 0.15) is 0 Å². The molecule has 0 N–H and O–H groups in total. The quantitative estimate of drug-likeness (QED) is 0.280. The van der Waals surface area contributed by atoms with Gasteiger partial charge in [-0.05, 0) is 19.9 Å². The van der Waals surface area contributed by atoms with Crippen molar-refractivity contribution in [2.45, 2.75) is 39.1 Å². The van der Waals surface area contributed by atoms with Gasteiger partial charge in [-0.15, -0.1) is 0 Å². The van der Waals surface area contributed by atoms with Gasteiger partial charge in [0, 0.05) is 6.61 Å². The first kappa shape index (κ1) is 11.6. The van der Waals surface area contributed by atoms with Crippen molar-refractivity contribution in [3.8, 4) is 0 Å². The third-order valence-electron chi connectivity index (χ3n) is 1.67. The van der Waals surface area contributed by atoms with Crippen LogP contribution in [0.4, 0.5) is 0 Å². The molecule has 1 atom stereocenters. The van der Waals surface area contributed by atoms with Crippen molar-refractivity contribution in [2.75, 3.05) is 6.61 Å². The molecule has 0 bridgehead atoms. The average Bonchev–Trinajstić information content (AvgIpc) is 1.85. The number of hydrogen-bond acceptors (Lipinski definition) is 1. The Morgan fingerprint density at radius 3 is 2.58 bits per heavy atom. The standard InChI is InChI=1S/C8H18N2OSi/c1-5-11-8(2)6-12(3,4)7-10-9/h7-8H,5-6H2,1-4H3.